The van der Waals surface area contributed by atoms with E-state index in [1.807, 2.05) is 37.3 Å². The highest BCUT2D eigenvalue weighted by Crippen LogP contribution is 2.11. The third-order valence-electron chi connectivity index (χ3n) is 4.18. The molecule has 1 amide bonds. The molecule has 1 aromatic heterocycles. The molecule has 0 radical (unpaired) electrons. The van der Waals surface area contributed by atoms with E-state index in [1.54, 1.807) is 18.3 Å². The van der Waals surface area contributed by atoms with Crippen molar-refractivity contribution >= 4 is 5.91 Å². The van der Waals surface area contributed by atoms with Gasteiger partial charge < -0.3 is 14.6 Å². The van der Waals surface area contributed by atoms with Crippen molar-refractivity contribution in [3.8, 4) is 5.75 Å². The molecule has 5 nitrogen and oxygen atoms in total. The molecule has 3 rings (SSSR count). The Labute approximate surface area is 157 Å². The molecule has 0 aliphatic carbocycles. The number of rotatable bonds is 8. The number of hydrogen-bond acceptors (Lipinski definition) is 3. The quantitative estimate of drug-likeness (QED) is 0.666. The first kappa shape index (κ1) is 18.6. The third-order valence-corrected chi connectivity index (χ3v) is 4.18. The van der Waals surface area contributed by atoms with Crippen molar-refractivity contribution in [1.29, 1.82) is 0 Å². The lowest BCUT2D eigenvalue weighted by atomic mass is 10.2. The highest BCUT2D eigenvalue weighted by atomic mass is 19.1. The molecule has 1 N–H and O–H groups in total. The van der Waals surface area contributed by atoms with Gasteiger partial charge in [0.1, 0.15) is 17.4 Å². The summed E-state index contributed by atoms with van der Waals surface area (Å²) in [6.45, 7) is 3.04. The molecule has 0 saturated carbocycles. The van der Waals surface area contributed by atoms with Crippen LogP contribution in [0.5, 0.6) is 5.75 Å². The predicted molar refractivity (Wildman–Crippen MR) is 101 cm³/mol. The zero-order valence-corrected chi connectivity index (χ0v) is 15.2. The molecule has 0 atom stereocenters. The highest BCUT2D eigenvalue weighted by Gasteiger charge is 2.09. The van der Waals surface area contributed by atoms with Crippen LogP contribution in [0.3, 0.4) is 0 Å². The lowest BCUT2D eigenvalue weighted by Gasteiger charge is -2.11. The Morgan fingerprint density at radius 1 is 1.15 bits per heavy atom. The van der Waals surface area contributed by atoms with Gasteiger partial charge in [-0.3, -0.25) is 4.79 Å². The first-order valence-electron chi connectivity index (χ1n) is 8.82. The summed E-state index contributed by atoms with van der Waals surface area (Å²) in [5, 5.41) is 2.84. The largest absolute Gasteiger partial charge is 0.484 e. The molecule has 3 aromatic rings. The van der Waals surface area contributed by atoms with E-state index in [4.69, 9.17) is 4.74 Å². The highest BCUT2D eigenvalue weighted by molar-refractivity contribution is 5.77. The Kier molecular flexibility index (Phi) is 6.20. The van der Waals surface area contributed by atoms with E-state index >= 15 is 0 Å². The second-order valence-corrected chi connectivity index (χ2v) is 6.23. The van der Waals surface area contributed by atoms with Crippen LogP contribution in [0.4, 0.5) is 4.39 Å². The molecule has 0 spiro atoms. The van der Waals surface area contributed by atoms with Crippen molar-refractivity contribution in [1.82, 2.24) is 14.9 Å². The lowest BCUT2D eigenvalue weighted by molar-refractivity contribution is -0.123. The third kappa shape index (κ3) is 5.41. The van der Waals surface area contributed by atoms with Crippen LogP contribution in [0.1, 0.15) is 17.1 Å². The fraction of sp³-hybridized carbons (Fsp3) is 0.238. The molecule has 0 aliphatic heterocycles. The van der Waals surface area contributed by atoms with E-state index in [2.05, 4.69) is 14.9 Å². The Bertz CT molecular complexity index is 876. The fourth-order valence-electron chi connectivity index (χ4n) is 2.73. The lowest BCUT2D eigenvalue weighted by Crippen LogP contribution is -2.31. The van der Waals surface area contributed by atoms with Gasteiger partial charge in [-0.15, -0.1) is 0 Å². The number of halogens is 1. The first-order valence-corrected chi connectivity index (χ1v) is 8.82. The minimum atomic E-state index is -0.248. The van der Waals surface area contributed by atoms with Gasteiger partial charge in [0.2, 0.25) is 0 Å². The molecule has 0 aliphatic rings. The van der Waals surface area contributed by atoms with Gasteiger partial charge in [0.25, 0.3) is 5.91 Å². The van der Waals surface area contributed by atoms with Crippen LogP contribution in [0.2, 0.25) is 0 Å². The van der Waals surface area contributed by atoms with Gasteiger partial charge in [-0.2, -0.15) is 0 Å². The molecule has 0 saturated heterocycles. The summed E-state index contributed by atoms with van der Waals surface area (Å²) in [5.74, 6) is 1.12. The molecule has 27 heavy (non-hydrogen) atoms. The number of nitrogens with zero attached hydrogens (tertiary/aromatic N) is 2. The number of carbonyl (C=O) groups is 1. The summed E-state index contributed by atoms with van der Waals surface area (Å²) >= 11 is 0. The minimum Gasteiger partial charge on any atom is -0.484 e. The molecular formula is C21H22FN3O2. The van der Waals surface area contributed by atoms with E-state index in [-0.39, 0.29) is 18.3 Å². The normalized spacial score (nSPS) is 10.6. The summed E-state index contributed by atoms with van der Waals surface area (Å²) in [7, 11) is 0. The number of benzene rings is 2. The van der Waals surface area contributed by atoms with Crippen molar-refractivity contribution < 1.29 is 13.9 Å². The summed E-state index contributed by atoms with van der Waals surface area (Å²) in [4.78, 5) is 16.3. The molecule has 140 valence electrons. The average Bonchev–Trinajstić information content (AvgIpc) is 3.02. The van der Waals surface area contributed by atoms with Gasteiger partial charge in [0.05, 0.1) is 0 Å². The number of ether oxygens (including phenoxy) is 1. The number of aromatic nitrogens is 2. The molecule has 0 fully saturated rings. The average molecular weight is 367 g/mol. The smallest absolute Gasteiger partial charge is 0.257 e. The summed E-state index contributed by atoms with van der Waals surface area (Å²) in [6.07, 6.45) is 2.41. The Morgan fingerprint density at radius 2 is 1.89 bits per heavy atom. The molecule has 6 heteroatoms. The predicted octanol–water partition coefficient (Wildman–Crippen LogP) is 3.12. The van der Waals surface area contributed by atoms with Gasteiger partial charge in [-0.05, 0) is 36.8 Å². The van der Waals surface area contributed by atoms with E-state index in [0.29, 0.717) is 25.3 Å². The minimum absolute atomic E-state index is 0.0208. The SMILES string of the molecule is Cc1cnc(CCNC(=O)COc2ccccc2)n1Cc1ccc(F)cc1. The number of imidazole rings is 1. The zero-order chi connectivity index (χ0) is 19.1. The number of carbonyl (C=O) groups excluding carboxylic acids is 1. The molecule has 0 bridgehead atoms. The maximum Gasteiger partial charge on any atom is 0.257 e. The Hall–Kier alpha value is -3.15. The summed E-state index contributed by atoms with van der Waals surface area (Å²) < 4.78 is 20.6. The van der Waals surface area contributed by atoms with Crippen LogP contribution in [0, 0.1) is 12.7 Å². The van der Waals surface area contributed by atoms with Gasteiger partial charge in [-0.25, -0.2) is 9.37 Å². The van der Waals surface area contributed by atoms with Crippen molar-refractivity contribution in [2.45, 2.75) is 19.9 Å². The number of para-hydroxylation sites is 1. The number of amides is 1. The van der Waals surface area contributed by atoms with Gasteiger partial charge in [0.15, 0.2) is 6.61 Å². The number of nitrogens with one attached hydrogen (secondary N) is 1. The summed E-state index contributed by atoms with van der Waals surface area (Å²) in [6, 6.07) is 15.7. The van der Waals surface area contributed by atoms with Crippen molar-refractivity contribution in [2.75, 3.05) is 13.2 Å². The second-order valence-electron chi connectivity index (χ2n) is 6.23. The van der Waals surface area contributed by atoms with Gasteiger partial charge >= 0.3 is 0 Å². The fourth-order valence-corrected chi connectivity index (χ4v) is 2.73. The van der Waals surface area contributed by atoms with Crippen molar-refractivity contribution in [3.05, 3.63) is 83.7 Å². The second kappa shape index (κ2) is 8.98. The van der Waals surface area contributed by atoms with Crippen LogP contribution in [-0.2, 0) is 17.8 Å². The van der Waals surface area contributed by atoms with Crippen molar-refractivity contribution in [2.24, 2.45) is 0 Å². The maximum atomic E-state index is 13.1. The topological polar surface area (TPSA) is 56.1 Å². The van der Waals surface area contributed by atoms with Gasteiger partial charge in [-0.1, -0.05) is 30.3 Å². The maximum absolute atomic E-state index is 13.1. The van der Waals surface area contributed by atoms with Crippen molar-refractivity contribution in [3.63, 3.8) is 0 Å². The number of hydrogen-bond donors (Lipinski definition) is 1. The van der Waals surface area contributed by atoms with E-state index in [0.717, 1.165) is 17.1 Å². The van der Waals surface area contributed by atoms with Crippen LogP contribution >= 0.6 is 0 Å². The van der Waals surface area contributed by atoms with E-state index in [9.17, 15) is 9.18 Å². The van der Waals surface area contributed by atoms with Crippen LogP contribution < -0.4 is 10.1 Å². The monoisotopic (exact) mass is 367 g/mol. The zero-order valence-electron chi connectivity index (χ0n) is 15.2. The van der Waals surface area contributed by atoms with E-state index in [1.165, 1.54) is 12.1 Å². The number of aryl methyl sites for hydroxylation is 1. The molecular weight excluding hydrogens is 345 g/mol. The van der Waals surface area contributed by atoms with Crippen LogP contribution in [0.15, 0.2) is 60.8 Å². The Morgan fingerprint density at radius 3 is 2.63 bits per heavy atom. The molecule has 1 heterocycles. The molecule has 2 aromatic carbocycles. The molecule has 0 unspecified atom stereocenters. The summed E-state index contributed by atoms with van der Waals surface area (Å²) in [5.41, 5.74) is 2.02. The van der Waals surface area contributed by atoms with E-state index < -0.39 is 0 Å². The van der Waals surface area contributed by atoms with Crippen LogP contribution in [0.25, 0.3) is 0 Å². The Balaban J connectivity index is 1.49. The standard InChI is InChI=1S/C21H22FN3O2/c1-16-13-24-20(25(16)14-17-7-9-18(22)10-8-17)11-12-23-21(26)15-27-19-5-3-2-4-6-19/h2-10,13H,11-12,14-15H2,1H3,(H,23,26). The van der Waals surface area contributed by atoms with Gasteiger partial charge in [0, 0.05) is 31.4 Å². The first-order chi connectivity index (χ1) is 13.1. The van der Waals surface area contributed by atoms with Crippen LogP contribution in [-0.4, -0.2) is 28.6 Å².